The number of fused-ring (bicyclic) bond motifs is 2. The third-order valence-corrected chi connectivity index (χ3v) is 5.47. The molecular weight excluding hydrogens is 324 g/mol. The van der Waals surface area contributed by atoms with Crippen LogP contribution in [0.2, 0.25) is 0 Å². The van der Waals surface area contributed by atoms with Crippen molar-refractivity contribution in [2.24, 2.45) is 0 Å². The Morgan fingerprint density at radius 3 is 2.58 bits per heavy atom. The zero-order valence-corrected chi connectivity index (χ0v) is 14.9. The summed E-state index contributed by atoms with van der Waals surface area (Å²) in [6, 6.07) is 17.0. The monoisotopic (exact) mass is 344 g/mol. The van der Waals surface area contributed by atoms with Crippen molar-refractivity contribution in [1.29, 1.82) is 0 Å². The molecule has 0 fully saturated rings. The van der Waals surface area contributed by atoms with Gasteiger partial charge in [-0.15, -0.1) is 0 Å². The van der Waals surface area contributed by atoms with Gasteiger partial charge in [-0.25, -0.2) is 4.79 Å². The molecule has 0 atom stereocenters. The molecule has 0 saturated heterocycles. The second-order valence-electron chi connectivity index (χ2n) is 7.58. The minimum atomic E-state index is -0.963. The molecule has 0 aliphatic heterocycles. The Morgan fingerprint density at radius 1 is 1.04 bits per heavy atom. The first-order chi connectivity index (χ1) is 12.4. The molecule has 0 aromatic heterocycles. The third-order valence-electron chi connectivity index (χ3n) is 5.47. The Balaban J connectivity index is 2.02. The summed E-state index contributed by atoms with van der Waals surface area (Å²) in [4.78, 5) is 24.4. The molecule has 1 N–H and O–H groups in total. The number of carbonyl (C=O) groups is 2. The van der Waals surface area contributed by atoms with E-state index in [-0.39, 0.29) is 16.8 Å². The van der Waals surface area contributed by atoms with Crippen LogP contribution in [0, 0.1) is 0 Å². The number of Topliss-reactive ketones (excluding diaryl/α,β-unsaturated/α-hetero) is 1. The summed E-state index contributed by atoms with van der Waals surface area (Å²) in [5, 5.41) is 11.6. The molecule has 0 unspecified atom stereocenters. The minimum absolute atomic E-state index is 0.0455. The van der Waals surface area contributed by atoms with E-state index >= 15 is 0 Å². The smallest absolute Gasteiger partial charge is 0.336 e. The van der Waals surface area contributed by atoms with E-state index in [1.54, 1.807) is 6.07 Å². The van der Waals surface area contributed by atoms with Crippen molar-refractivity contribution < 1.29 is 14.7 Å². The van der Waals surface area contributed by atoms with E-state index in [1.807, 2.05) is 48.5 Å². The fourth-order valence-electron chi connectivity index (χ4n) is 3.98. The van der Waals surface area contributed by atoms with Gasteiger partial charge in [0.15, 0.2) is 5.78 Å². The molecule has 1 aliphatic rings. The summed E-state index contributed by atoms with van der Waals surface area (Å²) >= 11 is 0. The number of ketones is 1. The summed E-state index contributed by atoms with van der Waals surface area (Å²) in [7, 11) is 0. The van der Waals surface area contributed by atoms with Gasteiger partial charge >= 0.3 is 5.97 Å². The SMILES string of the molecule is CC1(C)CCC(=O)c2cc(-c3c(C(=O)O)ccc4ccccc34)ccc21. The van der Waals surface area contributed by atoms with Crippen molar-refractivity contribution in [3.05, 3.63) is 71.3 Å². The largest absolute Gasteiger partial charge is 0.478 e. The Kier molecular flexibility index (Phi) is 3.69. The molecule has 4 rings (SSSR count). The number of hydrogen-bond acceptors (Lipinski definition) is 2. The average Bonchev–Trinajstić information content (AvgIpc) is 2.63. The van der Waals surface area contributed by atoms with E-state index < -0.39 is 5.97 Å². The standard InChI is InChI=1S/C23H20O3/c1-23(2)12-11-20(24)18-13-15(8-10-19(18)23)21-16-6-4-3-5-14(16)7-9-17(21)22(25)26/h3-10,13H,11-12H2,1-2H3,(H,25,26). The van der Waals surface area contributed by atoms with Crippen LogP contribution in [0.5, 0.6) is 0 Å². The van der Waals surface area contributed by atoms with E-state index in [2.05, 4.69) is 13.8 Å². The van der Waals surface area contributed by atoms with Crippen LogP contribution < -0.4 is 0 Å². The molecule has 1 aliphatic carbocycles. The van der Waals surface area contributed by atoms with Gasteiger partial charge in [-0.2, -0.15) is 0 Å². The van der Waals surface area contributed by atoms with Crippen molar-refractivity contribution >= 4 is 22.5 Å². The Labute approximate surface area is 152 Å². The summed E-state index contributed by atoms with van der Waals surface area (Å²) in [5.74, 6) is -0.826. The zero-order chi connectivity index (χ0) is 18.5. The summed E-state index contributed by atoms with van der Waals surface area (Å²) in [6.45, 7) is 4.30. The second-order valence-corrected chi connectivity index (χ2v) is 7.58. The van der Waals surface area contributed by atoms with Crippen molar-refractivity contribution in [1.82, 2.24) is 0 Å². The molecule has 0 heterocycles. The molecule has 3 nitrogen and oxygen atoms in total. The quantitative estimate of drug-likeness (QED) is 0.671. The van der Waals surface area contributed by atoms with E-state index in [9.17, 15) is 14.7 Å². The lowest BCUT2D eigenvalue weighted by Crippen LogP contribution is -2.27. The van der Waals surface area contributed by atoms with Crippen LogP contribution >= 0.6 is 0 Å². The van der Waals surface area contributed by atoms with Gasteiger partial charge in [0, 0.05) is 17.5 Å². The second kappa shape index (κ2) is 5.80. The first-order valence-corrected chi connectivity index (χ1v) is 8.82. The number of aromatic carboxylic acids is 1. The molecule has 130 valence electrons. The predicted molar refractivity (Wildman–Crippen MR) is 103 cm³/mol. The van der Waals surface area contributed by atoms with Gasteiger partial charge in [-0.05, 0) is 45.9 Å². The van der Waals surface area contributed by atoms with Gasteiger partial charge in [0.2, 0.25) is 0 Å². The molecular formula is C23H20O3. The van der Waals surface area contributed by atoms with Gasteiger partial charge in [0.25, 0.3) is 0 Å². The van der Waals surface area contributed by atoms with Crippen LogP contribution in [0.4, 0.5) is 0 Å². The number of rotatable bonds is 2. The molecule has 3 aromatic carbocycles. The van der Waals surface area contributed by atoms with Crippen LogP contribution in [-0.4, -0.2) is 16.9 Å². The molecule has 3 heteroatoms. The van der Waals surface area contributed by atoms with Crippen LogP contribution in [-0.2, 0) is 5.41 Å². The van der Waals surface area contributed by atoms with Gasteiger partial charge in [-0.3, -0.25) is 4.79 Å². The van der Waals surface area contributed by atoms with Gasteiger partial charge in [0.1, 0.15) is 0 Å². The highest BCUT2D eigenvalue weighted by Gasteiger charge is 2.32. The molecule has 0 radical (unpaired) electrons. The van der Waals surface area contributed by atoms with E-state index in [4.69, 9.17) is 0 Å². The molecule has 0 saturated carbocycles. The first-order valence-electron chi connectivity index (χ1n) is 8.82. The van der Waals surface area contributed by atoms with E-state index in [0.717, 1.165) is 33.9 Å². The molecule has 0 spiro atoms. The number of benzene rings is 3. The molecule has 0 bridgehead atoms. The highest BCUT2D eigenvalue weighted by molar-refractivity contribution is 6.09. The normalized spacial score (nSPS) is 15.7. The molecule has 26 heavy (non-hydrogen) atoms. The molecule has 0 amide bonds. The maximum atomic E-state index is 12.5. The van der Waals surface area contributed by atoms with Crippen molar-refractivity contribution in [3.63, 3.8) is 0 Å². The van der Waals surface area contributed by atoms with Gasteiger partial charge < -0.3 is 5.11 Å². The Morgan fingerprint density at radius 2 is 1.81 bits per heavy atom. The average molecular weight is 344 g/mol. The van der Waals surface area contributed by atoms with Crippen LogP contribution in [0.15, 0.2) is 54.6 Å². The lowest BCUT2D eigenvalue weighted by atomic mass is 9.71. The highest BCUT2D eigenvalue weighted by Crippen LogP contribution is 2.40. The fourth-order valence-corrected chi connectivity index (χ4v) is 3.98. The van der Waals surface area contributed by atoms with Crippen LogP contribution in [0.1, 0.15) is 53.0 Å². The van der Waals surface area contributed by atoms with Crippen LogP contribution in [0.3, 0.4) is 0 Å². The first kappa shape index (κ1) is 16.5. The van der Waals surface area contributed by atoms with Crippen molar-refractivity contribution in [2.75, 3.05) is 0 Å². The van der Waals surface area contributed by atoms with E-state index in [0.29, 0.717) is 12.0 Å². The zero-order valence-electron chi connectivity index (χ0n) is 14.9. The Hall–Kier alpha value is -2.94. The highest BCUT2D eigenvalue weighted by atomic mass is 16.4. The maximum Gasteiger partial charge on any atom is 0.336 e. The van der Waals surface area contributed by atoms with Crippen molar-refractivity contribution in [3.8, 4) is 11.1 Å². The number of hydrogen-bond donors (Lipinski definition) is 1. The Bertz CT molecular complexity index is 1060. The van der Waals surface area contributed by atoms with Crippen LogP contribution in [0.25, 0.3) is 21.9 Å². The predicted octanol–water partition coefficient (Wildman–Crippen LogP) is 5.46. The molecule has 3 aromatic rings. The number of carbonyl (C=O) groups excluding carboxylic acids is 1. The third kappa shape index (κ3) is 2.51. The fraction of sp³-hybridized carbons (Fsp3) is 0.217. The summed E-state index contributed by atoms with van der Waals surface area (Å²) in [5.41, 5.74) is 3.44. The van der Waals surface area contributed by atoms with Crippen molar-refractivity contribution in [2.45, 2.75) is 32.1 Å². The van der Waals surface area contributed by atoms with E-state index in [1.165, 1.54) is 0 Å². The number of carboxylic acids is 1. The minimum Gasteiger partial charge on any atom is -0.478 e. The lowest BCUT2D eigenvalue weighted by Gasteiger charge is -2.32. The topological polar surface area (TPSA) is 54.4 Å². The summed E-state index contributed by atoms with van der Waals surface area (Å²) in [6.07, 6.45) is 1.37. The number of carboxylic acid groups (broad SMARTS) is 1. The maximum absolute atomic E-state index is 12.5. The summed E-state index contributed by atoms with van der Waals surface area (Å²) < 4.78 is 0. The van der Waals surface area contributed by atoms with Gasteiger partial charge in [-0.1, -0.05) is 56.3 Å². The van der Waals surface area contributed by atoms with Gasteiger partial charge in [0.05, 0.1) is 5.56 Å². The lowest BCUT2D eigenvalue weighted by molar-refractivity contribution is 0.0697.